The fraction of sp³-hybridized carbons (Fsp3) is 0.494. The first-order chi connectivity index (χ1) is 48.3. The molecule has 0 spiro atoms. The van der Waals surface area contributed by atoms with Gasteiger partial charge in [0.15, 0.2) is 23.0 Å². The average molecular weight is 1360 g/mol. The van der Waals surface area contributed by atoms with Gasteiger partial charge in [0.2, 0.25) is 11.5 Å². The molecule has 19 heteroatoms. The molecular weight excluding hydrogens is 1250 g/mol. The van der Waals surface area contributed by atoms with E-state index in [1.807, 2.05) is 24.3 Å². The van der Waals surface area contributed by atoms with Crippen LogP contribution in [0.5, 0.6) is 46.0 Å². The summed E-state index contributed by atoms with van der Waals surface area (Å²) in [6, 6.07) is 17.9. The Morgan fingerprint density at radius 3 is 0.888 bits per heavy atom. The number of hydrogen-bond acceptors (Lipinski definition) is 19. The molecule has 4 aromatic carbocycles. The molecule has 19 nitrogen and oxygen atoms in total. The van der Waals surface area contributed by atoms with Crippen LogP contribution in [0.1, 0.15) is 165 Å². The van der Waals surface area contributed by atoms with Crippen molar-refractivity contribution in [2.24, 2.45) is 0 Å². The largest absolute Gasteiger partial charge is 0.502 e. The van der Waals surface area contributed by atoms with Gasteiger partial charge in [-0.25, -0.2) is 38.9 Å². The minimum absolute atomic E-state index is 0.323. The van der Waals surface area contributed by atoms with Gasteiger partial charge in [-0.2, -0.15) is 0 Å². The number of benzene rings is 4. The van der Waals surface area contributed by atoms with Crippen LogP contribution in [-0.4, -0.2) is 111 Å². The van der Waals surface area contributed by atoms with Crippen molar-refractivity contribution in [2.45, 2.75) is 154 Å². The lowest BCUT2D eigenvalue weighted by atomic mass is 10.1. The Morgan fingerprint density at radius 2 is 0.582 bits per heavy atom. The van der Waals surface area contributed by atoms with Gasteiger partial charge in [0.1, 0.15) is 31.3 Å². The summed E-state index contributed by atoms with van der Waals surface area (Å²) in [5.41, 5.74) is 1.24. The molecule has 0 aromatic heterocycles. The molecule has 0 unspecified atom stereocenters. The van der Waals surface area contributed by atoms with E-state index in [9.17, 15) is 9.59 Å². The van der Waals surface area contributed by atoms with Gasteiger partial charge in [-0.05, 0) is 206 Å². The van der Waals surface area contributed by atoms with Crippen LogP contribution >= 0.6 is 0 Å². The monoisotopic (exact) mass is 1360 g/mol. The summed E-state index contributed by atoms with van der Waals surface area (Å²) in [4.78, 5) is 58.1. The van der Waals surface area contributed by atoms with E-state index in [1.165, 1.54) is 30.9 Å². The summed E-state index contributed by atoms with van der Waals surface area (Å²) in [6.07, 6.45) is 36.8. The van der Waals surface area contributed by atoms with Crippen LogP contribution in [0.25, 0.3) is 22.9 Å². The molecule has 0 saturated heterocycles. The van der Waals surface area contributed by atoms with Crippen LogP contribution in [0.2, 0.25) is 0 Å². The van der Waals surface area contributed by atoms with Gasteiger partial charge in [-0.1, -0.05) is 69.4 Å². The Morgan fingerprint density at radius 1 is 0.296 bits per heavy atom. The summed E-state index contributed by atoms with van der Waals surface area (Å²) < 4.78 is 66.6. The van der Waals surface area contributed by atoms with E-state index in [0.29, 0.717) is 156 Å². The van der Waals surface area contributed by atoms with Gasteiger partial charge in [-0.3, -0.25) is 0 Å². The van der Waals surface area contributed by atoms with E-state index in [2.05, 4.69) is 39.5 Å². The van der Waals surface area contributed by atoms with Crippen LogP contribution in [0.3, 0.4) is 0 Å². The molecule has 0 aliphatic heterocycles. The van der Waals surface area contributed by atoms with E-state index in [0.717, 1.165) is 165 Å². The molecule has 0 radical (unpaired) electrons. The number of rotatable bonds is 66. The van der Waals surface area contributed by atoms with Gasteiger partial charge >= 0.3 is 11.9 Å². The minimum atomic E-state index is -0.602. The smallest absolute Gasteiger partial charge is 0.336 e. The maximum atomic E-state index is 13.6. The van der Waals surface area contributed by atoms with Crippen molar-refractivity contribution in [2.75, 3.05) is 99.1 Å². The molecule has 0 N–H and O–H groups in total. The van der Waals surface area contributed by atoms with E-state index >= 15 is 0 Å². The second kappa shape index (κ2) is 56.9. The SMILES string of the molecule is C=CCOOCCCCCCOc1ccc(/C=C/C(=O)Oc2ccc3cc(OC(=O)/C=C/c4ccc(OCCCCCCOC=C)c(OCCCCCCOC=C)c4OCCCCCCOOCC=C)ccc3c2)c(OCCCCCCOC=C)c1OCCCCCCOOCC=C. The van der Waals surface area contributed by atoms with Gasteiger partial charge < -0.3 is 52.1 Å². The second-order valence-electron chi connectivity index (χ2n) is 22.7. The second-order valence-corrected chi connectivity index (χ2v) is 22.7. The molecule has 0 atom stereocenters. The molecule has 0 aliphatic rings. The number of fused-ring (bicyclic) bond motifs is 1. The molecule has 0 saturated carbocycles. The number of esters is 2. The zero-order chi connectivity index (χ0) is 69.8. The third kappa shape index (κ3) is 38.2. The lowest BCUT2D eigenvalue weighted by Crippen LogP contribution is -2.08. The first kappa shape index (κ1) is 82.4. The molecular formula is C79H110O19. The lowest BCUT2D eigenvalue weighted by Gasteiger charge is -2.19. The molecule has 0 fully saturated rings. The van der Waals surface area contributed by atoms with Crippen LogP contribution < -0.4 is 37.9 Å². The van der Waals surface area contributed by atoms with Crippen LogP contribution in [0.4, 0.5) is 0 Å². The first-order valence-electron chi connectivity index (χ1n) is 35.0. The number of carbonyl (C=O) groups is 2. The molecule has 4 rings (SSSR count). The maximum absolute atomic E-state index is 13.6. The summed E-state index contributed by atoms with van der Waals surface area (Å²) in [6.45, 7) is 28.8. The molecule has 0 heterocycles. The quantitative estimate of drug-likeness (QED) is 0.00592. The van der Waals surface area contributed by atoms with Crippen LogP contribution in [0, 0.1) is 0 Å². The highest BCUT2D eigenvalue weighted by molar-refractivity contribution is 5.93. The number of ether oxygens (including phenoxy) is 11. The third-order valence-electron chi connectivity index (χ3n) is 14.7. The molecule has 540 valence electrons. The zero-order valence-electron chi connectivity index (χ0n) is 58.1. The predicted octanol–water partition coefficient (Wildman–Crippen LogP) is 18.6. The molecule has 4 aromatic rings. The van der Waals surface area contributed by atoms with Crippen LogP contribution in [-0.2, 0) is 53.1 Å². The van der Waals surface area contributed by atoms with Crippen LogP contribution in [0.15, 0.2) is 149 Å². The highest BCUT2D eigenvalue weighted by Gasteiger charge is 2.20. The van der Waals surface area contributed by atoms with Gasteiger partial charge in [0, 0.05) is 23.3 Å². The lowest BCUT2D eigenvalue weighted by molar-refractivity contribution is -0.286. The van der Waals surface area contributed by atoms with E-state index in [4.69, 9.17) is 81.4 Å². The molecule has 98 heavy (non-hydrogen) atoms. The number of unbranched alkanes of at least 4 members (excludes halogenated alkanes) is 18. The Balaban J connectivity index is 1.51. The standard InChI is InChI=1S/C79H110O19/c1-7-49-91-94-61-34-22-19-29-56-86-73-46-40-66(76(87-57-30-17-14-26-53-83-11-5)79(73)90-60-33-21-24-36-63-96-93-51-9-3)41-47-74(80)97-70-43-37-69-65-71(44-38-68(69)64-70)98-75(81)48-42-67-39-45-72(85-55-28-16-13-25-52-82-10-4)78(89-59-32-18-15-27-54-84-12-6)77(67)88-58-31-20-23-35-62-95-92-50-8-2/h7-12,37-48,64-65H,1-6,13-36,49-63H2/b47-41+,48-42+. The van der Waals surface area contributed by atoms with E-state index in [1.54, 1.807) is 66.8 Å². The summed E-state index contributed by atoms with van der Waals surface area (Å²) in [5.74, 6) is 2.46. The fourth-order valence-electron chi connectivity index (χ4n) is 9.67. The zero-order valence-corrected chi connectivity index (χ0v) is 58.1. The topological polar surface area (TPSA) is 191 Å². The summed E-state index contributed by atoms with van der Waals surface area (Å²) >= 11 is 0. The van der Waals surface area contributed by atoms with E-state index in [-0.39, 0.29) is 0 Å². The third-order valence-corrected chi connectivity index (χ3v) is 14.7. The highest BCUT2D eigenvalue weighted by Crippen LogP contribution is 2.43. The Bertz CT molecular complexity index is 2900. The molecule has 0 aliphatic carbocycles. The Hall–Kier alpha value is -8.04. The van der Waals surface area contributed by atoms with Crippen molar-refractivity contribution in [3.05, 3.63) is 160 Å². The molecule has 0 bridgehead atoms. The first-order valence-corrected chi connectivity index (χ1v) is 35.0. The minimum Gasteiger partial charge on any atom is -0.502 e. The Kier molecular flexibility index (Phi) is 47.9. The predicted molar refractivity (Wildman–Crippen MR) is 385 cm³/mol. The molecule has 0 amide bonds. The van der Waals surface area contributed by atoms with Gasteiger partial charge in [0.25, 0.3) is 0 Å². The van der Waals surface area contributed by atoms with Crippen molar-refractivity contribution in [3.8, 4) is 46.0 Å². The Labute approximate surface area is 583 Å². The average Bonchev–Trinajstić information content (AvgIpc) is 0.837. The van der Waals surface area contributed by atoms with Crippen molar-refractivity contribution >= 4 is 34.9 Å². The van der Waals surface area contributed by atoms with Crippen molar-refractivity contribution in [3.63, 3.8) is 0 Å². The normalized spacial score (nSPS) is 11.1. The number of hydrogen-bond donors (Lipinski definition) is 0. The number of carbonyl (C=O) groups excluding carboxylic acids is 2. The van der Waals surface area contributed by atoms with E-state index < -0.39 is 11.9 Å². The van der Waals surface area contributed by atoms with Crippen molar-refractivity contribution < 1.29 is 91.0 Å². The fourth-order valence-corrected chi connectivity index (χ4v) is 9.67. The maximum Gasteiger partial charge on any atom is 0.336 e. The van der Waals surface area contributed by atoms with Gasteiger partial charge in [0.05, 0.1) is 98.1 Å². The summed E-state index contributed by atoms with van der Waals surface area (Å²) in [5, 5.41) is 1.51. The van der Waals surface area contributed by atoms with Crippen molar-refractivity contribution in [1.29, 1.82) is 0 Å². The highest BCUT2D eigenvalue weighted by atomic mass is 17.2. The van der Waals surface area contributed by atoms with Crippen molar-refractivity contribution in [1.82, 2.24) is 0 Å². The van der Waals surface area contributed by atoms with Gasteiger partial charge in [-0.15, -0.1) is 19.7 Å². The summed E-state index contributed by atoms with van der Waals surface area (Å²) in [7, 11) is 0.